The lowest BCUT2D eigenvalue weighted by molar-refractivity contribution is -0.0204. The second kappa shape index (κ2) is 8.01. The lowest BCUT2D eigenvalue weighted by Crippen LogP contribution is -2.53. The standard InChI is InChI=1S/C29H29F2N5O2/c1-38-23-11-18(29(37)35-13-19-7-17-10-21(35)25(17)19)8-20-26(23)36(14-24(30)31)28(33-20)22-9-16-3-2-6-32-27(16)34(22)12-15-4-5-15/h2-3,6,8-9,11,15,17,19,21,24-25H,4-5,7,10,12-14H2,1H3/t17?,19-,21-,25-/m1/s1. The molecule has 4 heterocycles. The minimum absolute atomic E-state index is 0.0138. The summed E-state index contributed by atoms with van der Waals surface area (Å²) in [5, 5.41) is 0.948. The van der Waals surface area contributed by atoms with E-state index in [4.69, 9.17) is 9.72 Å². The highest BCUT2D eigenvalue weighted by molar-refractivity contribution is 6.00. The molecule has 0 N–H and O–H groups in total. The Balaban J connectivity index is 1.28. The summed E-state index contributed by atoms with van der Waals surface area (Å²) in [6.07, 6.45) is 3.81. The molecule has 4 atom stereocenters. The maximum absolute atomic E-state index is 14.0. The summed E-state index contributed by atoms with van der Waals surface area (Å²) < 4.78 is 37.3. The van der Waals surface area contributed by atoms with Crippen LogP contribution in [0.25, 0.3) is 33.6 Å². The Morgan fingerprint density at radius 3 is 2.76 bits per heavy atom. The monoisotopic (exact) mass is 517 g/mol. The molecule has 8 rings (SSSR count). The van der Waals surface area contributed by atoms with Gasteiger partial charge in [-0.25, -0.2) is 18.7 Å². The summed E-state index contributed by atoms with van der Waals surface area (Å²) in [4.78, 5) is 25.2. The van der Waals surface area contributed by atoms with Gasteiger partial charge in [-0.15, -0.1) is 0 Å². The Morgan fingerprint density at radius 2 is 2.03 bits per heavy atom. The number of likely N-dealkylation sites (tertiary alicyclic amines) is 1. The Kier molecular flexibility index (Phi) is 4.74. The largest absolute Gasteiger partial charge is 0.494 e. The number of rotatable bonds is 7. The zero-order valence-corrected chi connectivity index (χ0v) is 21.2. The number of ether oxygens (including phenoxy) is 1. The molecule has 1 amide bonds. The normalized spacial score (nSPS) is 25.6. The summed E-state index contributed by atoms with van der Waals surface area (Å²) in [6.45, 7) is 1.06. The lowest BCUT2D eigenvalue weighted by atomic mass is 9.53. The molecule has 1 unspecified atom stereocenters. The van der Waals surface area contributed by atoms with Crippen molar-refractivity contribution in [2.45, 2.75) is 51.2 Å². The van der Waals surface area contributed by atoms with Gasteiger partial charge in [-0.05, 0) is 79.7 Å². The highest BCUT2D eigenvalue weighted by Gasteiger charge is 2.61. The number of hydrogen-bond acceptors (Lipinski definition) is 4. The zero-order valence-electron chi connectivity index (χ0n) is 21.2. The van der Waals surface area contributed by atoms with Crippen LogP contribution in [0.15, 0.2) is 36.5 Å². The Hall–Kier alpha value is -3.49. The van der Waals surface area contributed by atoms with Crippen LogP contribution in [-0.2, 0) is 13.1 Å². The van der Waals surface area contributed by atoms with E-state index in [1.807, 2.05) is 23.1 Å². The van der Waals surface area contributed by atoms with Crippen LogP contribution >= 0.6 is 0 Å². The van der Waals surface area contributed by atoms with E-state index < -0.39 is 13.0 Å². The number of halogens is 2. The van der Waals surface area contributed by atoms with Gasteiger partial charge in [0.2, 0.25) is 0 Å². The number of carbonyl (C=O) groups is 1. The zero-order chi connectivity index (χ0) is 25.7. The third-order valence-electron chi connectivity index (χ3n) is 9.39. The summed E-state index contributed by atoms with van der Waals surface area (Å²) in [7, 11) is 1.52. The maximum atomic E-state index is 14.0. The van der Waals surface area contributed by atoms with Gasteiger partial charge in [-0.2, -0.15) is 0 Å². The van der Waals surface area contributed by atoms with Crippen molar-refractivity contribution in [2.24, 2.45) is 23.7 Å². The van der Waals surface area contributed by atoms with Gasteiger partial charge >= 0.3 is 0 Å². The molecule has 1 aromatic carbocycles. The Labute approximate surface area is 218 Å². The number of imidazole rings is 1. The molecule has 3 aliphatic carbocycles. The van der Waals surface area contributed by atoms with Crippen molar-refractivity contribution in [1.29, 1.82) is 0 Å². The predicted molar refractivity (Wildman–Crippen MR) is 138 cm³/mol. The van der Waals surface area contributed by atoms with E-state index >= 15 is 0 Å². The SMILES string of the molecule is COc1cc(C(=O)N2C[C@H]3CC4C[C@@H]2[C@H]43)cc2nc(-c3cc4cccnc4n3CC3CC3)n(CC(F)F)c12. The van der Waals surface area contributed by atoms with E-state index in [-0.39, 0.29) is 5.91 Å². The minimum atomic E-state index is -2.58. The Morgan fingerprint density at radius 1 is 1.16 bits per heavy atom. The topological polar surface area (TPSA) is 65.2 Å². The molecule has 9 heteroatoms. The minimum Gasteiger partial charge on any atom is -0.494 e. The molecule has 4 fully saturated rings. The molecule has 196 valence electrons. The molecular weight excluding hydrogens is 488 g/mol. The van der Waals surface area contributed by atoms with Gasteiger partial charge < -0.3 is 18.8 Å². The first-order valence-corrected chi connectivity index (χ1v) is 13.6. The molecule has 4 aliphatic rings. The fourth-order valence-electron chi connectivity index (χ4n) is 7.40. The summed E-state index contributed by atoms with van der Waals surface area (Å²) in [5.74, 6) is 3.48. The van der Waals surface area contributed by atoms with Gasteiger partial charge in [-0.1, -0.05) is 0 Å². The second-order valence-corrected chi connectivity index (χ2v) is 11.6. The molecule has 4 aromatic rings. The smallest absolute Gasteiger partial charge is 0.256 e. The van der Waals surface area contributed by atoms with E-state index in [0.717, 1.165) is 55.0 Å². The Bertz CT molecular complexity index is 1610. The van der Waals surface area contributed by atoms with Crippen molar-refractivity contribution in [1.82, 2.24) is 24.0 Å². The average Bonchev–Trinajstić information content (AvgIpc) is 3.55. The first-order chi connectivity index (χ1) is 18.5. The molecule has 7 nitrogen and oxygen atoms in total. The van der Waals surface area contributed by atoms with Crippen molar-refractivity contribution >= 4 is 28.0 Å². The number of nitrogens with zero attached hydrogens (tertiary/aromatic N) is 5. The van der Waals surface area contributed by atoms with E-state index in [9.17, 15) is 13.6 Å². The van der Waals surface area contributed by atoms with Crippen molar-refractivity contribution < 1.29 is 18.3 Å². The van der Waals surface area contributed by atoms with Crippen molar-refractivity contribution in [3.8, 4) is 17.3 Å². The van der Waals surface area contributed by atoms with Gasteiger partial charge in [0.1, 0.15) is 16.9 Å². The maximum Gasteiger partial charge on any atom is 0.256 e. The third-order valence-corrected chi connectivity index (χ3v) is 9.39. The van der Waals surface area contributed by atoms with Gasteiger partial charge in [0.15, 0.2) is 5.82 Å². The average molecular weight is 518 g/mol. The van der Waals surface area contributed by atoms with Crippen molar-refractivity contribution in [2.75, 3.05) is 13.7 Å². The summed E-state index contributed by atoms with van der Waals surface area (Å²) in [6, 6.07) is 9.65. The number of pyridine rings is 1. The van der Waals surface area contributed by atoms with Gasteiger partial charge in [0.05, 0.1) is 24.9 Å². The highest BCUT2D eigenvalue weighted by atomic mass is 19.3. The van der Waals surface area contributed by atoms with Crippen LogP contribution in [0.2, 0.25) is 0 Å². The van der Waals surface area contributed by atoms with Gasteiger partial charge in [-0.3, -0.25) is 4.79 Å². The number of methoxy groups -OCH3 is 1. The van der Waals surface area contributed by atoms with E-state index in [0.29, 0.717) is 52.0 Å². The molecule has 0 bridgehead atoms. The summed E-state index contributed by atoms with van der Waals surface area (Å²) >= 11 is 0. The van der Waals surface area contributed by atoms with Crippen molar-refractivity contribution in [3.63, 3.8) is 0 Å². The highest BCUT2D eigenvalue weighted by Crippen LogP contribution is 2.60. The fraction of sp³-hybridized carbons (Fsp3) is 0.483. The first kappa shape index (κ1) is 22.5. The molecule has 0 spiro atoms. The van der Waals surface area contributed by atoms with Crippen LogP contribution in [0, 0.1) is 23.7 Å². The van der Waals surface area contributed by atoms with Crippen LogP contribution in [0.5, 0.6) is 5.75 Å². The molecule has 3 aromatic heterocycles. The number of fused-ring (bicyclic) bond motifs is 2. The van der Waals surface area contributed by atoms with Crippen LogP contribution in [0.4, 0.5) is 8.78 Å². The number of benzene rings is 1. The van der Waals surface area contributed by atoms with Crippen molar-refractivity contribution in [3.05, 3.63) is 42.1 Å². The number of amides is 1. The van der Waals surface area contributed by atoms with Crippen LogP contribution in [0.1, 0.15) is 36.0 Å². The fourth-order valence-corrected chi connectivity index (χ4v) is 7.40. The molecule has 3 saturated carbocycles. The third kappa shape index (κ3) is 3.20. The second-order valence-electron chi connectivity index (χ2n) is 11.6. The molecule has 38 heavy (non-hydrogen) atoms. The van der Waals surface area contributed by atoms with Gasteiger partial charge in [0, 0.05) is 36.3 Å². The van der Waals surface area contributed by atoms with Crippen LogP contribution in [0.3, 0.4) is 0 Å². The molecule has 1 saturated heterocycles. The number of alkyl halides is 2. The number of carbonyl (C=O) groups excluding carboxylic acids is 1. The van der Waals surface area contributed by atoms with E-state index in [1.165, 1.54) is 13.5 Å². The van der Waals surface area contributed by atoms with E-state index in [2.05, 4.69) is 9.55 Å². The summed E-state index contributed by atoms with van der Waals surface area (Å²) in [5.41, 5.74) is 3.07. The molecule has 1 aliphatic heterocycles. The van der Waals surface area contributed by atoms with E-state index in [1.54, 1.807) is 22.9 Å². The quantitative estimate of drug-likeness (QED) is 0.337. The van der Waals surface area contributed by atoms with Gasteiger partial charge in [0.25, 0.3) is 12.3 Å². The predicted octanol–water partition coefficient (Wildman–Crippen LogP) is 5.22. The first-order valence-electron chi connectivity index (χ1n) is 13.6. The lowest BCUT2D eigenvalue weighted by Gasteiger charge is -2.52. The number of hydrogen-bond donors (Lipinski definition) is 0. The molecular formula is C29H29F2N5O2. The van der Waals surface area contributed by atoms with Crippen LogP contribution in [-0.4, -0.2) is 56.0 Å². The number of aromatic nitrogens is 4. The van der Waals surface area contributed by atoms with Crippen LogP contribution < -0.4 is 4.74 Å². The molecule has 0 radical (unpaired) electrons.